The van der Waals surface area contributed by atoms with Crippen LogP contribution in [-0.2, 0) is 16.0 Å². The number of hydrogen-bond acceptors (Lipinski definition) is 3. The van der Waals surface area contributed by atoms with Crippen LogP contribution in [0.3, 0.4) is 0 Å². The largest absolute Gasteiger partial charge is 0.468 e. The monoisotopic (exact) mass is 349 g/mol. The van der Waals surface area contributed by atoms with E-state index in [1.807, 2.05) is 24.3 Å². The van der Waals surface area contributed by atoms with Crippen molar-refractivity contribution in [3.8, 4) is 6.07 Å². The molecule has 0 saturated heterocycles. The van der Waals surface area contributed by atoms with Crippen LogP contribution in [0.2, 0.25) is 0 Å². The average Bonchev–Trinajstić information content (AvgIpc) is 2.51. The predicted molar refractivity (Wildman–Crippen MR) is 86.6 cm³/mol. The number of aryl methyl sites for hydroxylation is 1. The van der Waals surface area contributed by atoms with Gasteiger partial charge < -0.3 is 4.74 Å². The van der Waals surface area contributed by atoms with Gasteiger partial charge >= 0.3 is 5.97 Å². The van der Waals surface area contributed by atoms with Gasteiger partial charge in [0.05, 0.1) is 13.2 Å². The summed E-state index contributed by atoms with van der Waals surface area (Å²) >= 11 is 3.54. The number of ether oxygens (including phenoxy) is 1. The highest BCUT2D eigenvalue weighted by atomic mass is 79.9. The summed E-state index contributed by atoms with van der Waals surface area (Å²) in [7, 11) is 1.31. The standard InChI is InChI=1S/C17H20BrNO2/c1-21-17(20)15(13-19)11-6-4-2-3-5-9-14-10-7-8-12-16(14)18/h2-3,7-8,10,12,15H,4-6,9,11H2,1H3/b3-2-. The van der Waals surface area contributed by atoms with Crippen molar-refractivity contribution in [1.29, 1.82) is 5.26 Å². The van der Waals surface area contributed by atoms with E-state index in [1.54, 1.807) is 0 Å². The number of esters is 1. The molecule has 0 aliphatic rings. The molecule has 0 bridgehead atoms. The lowest BCUT2D eigenvalue weighted by Crippen LogP contribution is -2.13. The van der Waals surface area contributed by atoms with Gasteiger partial charge in [0.25, 0.3) is 0 Å². The second-order valence-electron chi connectivity index (χ2n) is 4.74. The fourth-order valence-electron chi connectivity index (χ4n) is 1.99. The first-order chi connectivity index (χ1) is 10.2. The van der Waals surface area contributed by atoms with E-state index in [2.05, 4.69) is 38.9 Å². The first-order valence-electron chi connectivity index (χ1n) is 7.05. The van der Waals surface area contributed by atoms with Crippen molar-refractivity contribution in [1.82, 2.24) is 0 Å². The maximum absolute atomic E-state index is 11.2. The second-order valence-corrected chi connectivity index (χ2v) is 5.59. The molecule has 1 unspecified atom stereocenters. The molecule has 0 radical (unpaired) electrons. The fraction of sp³-hybridized carbons (Fsp3) is 0.412. The van der Waals surface area contributed by atoms with Crippen LogP contribution in [0, 0.1) is 17.2 Å². The van der Waals surface area contributed by atoms with Gasteiger partial charge in [-0.25, -0.2) is 0 Å². The minimum absolute atomic E-state index is 0.435. The van der Waals surface area contributed by atoms with Crippen LogP contribution in [-0.4, -0.2) is 13.1 Å². The minimum atomic E-state index is -0.635. The zero-order chi connectivity index (χ0) is 15.5. The third-order valence-electron chi connectivity index (χ3n) is 3.21. The Morgan fingerprint density at radius 1 is 1.38 bits per heavy atom. The van der Waals surface area contributed by atoms with Crippen LogP contribution in [0.25, 0.3) is 0 Å². The number of halogens is 1. The number of benzene rings is 1. The quantitative estimate of drug-likeness (QED) is 0.396. The van der Waals surface area contributed by atoms with Gasteiger partial charge in [0.2, 0.25) is 0 Å². The number of methoxy groups -OCH3 is 1. The van der Waals surface area contributed by atoms with Crippen LogP contribution in [0.4, 0.5) is 0 Å². The van der Waals surface area contributed by atoms with Crippen molar-refractivity contribution >= 4 is 21.9 Å². The molecule has 0 aromatic heterocycles. The van der Waals surface area contributed by atoms with E-state index in [-0.39, 0.29) is 0 Å². The third kappa shape index (κ3) is 6.59. The molecule has 0 saturated carbocycles. The van der Waals surface area contributed by atoms with Crippen LogP contribution in [0.1, 0.15) is 31.2 Å². The number of nitriles is 1. The zero-order valence-electron chi connectivity index (χ0n) is 12.2. The van der Waals surface area contributed by atoms with E-state index in [4.69, 9.17) is 5.26 Å². The zero-order valence-corrected chi connectivity index (χ0v) is 13.8. The predicted octanol–water partition coefficient (Wildman–Crippen LogP) is 4.42. The Hall–Kier alpha value is -1.60. The molecule has 4 heteroatoms. The number of nitrogens with zero attached hydrogens (tertiary/aromatic N) is 1. The van der Waals surface area contributed by atoms with E-state index in [9.17, 15) is 4.79 Å². The number of carbonyl (C=O) groups excluding carboxylic acids is 1. The first-order valence-corrected chi connectivity index (χ1v) is 7.84. The molecule has 1 atom stereocenters. The van der Waals surface area contributed by atoms with Gasteiger partial charge in [-0.2, -0.15) is 5.26 Å². The molecule has 0 aliphatic heterocycles. The van der Waals surface area contributed by atoms with Gasteiger partial charge in [0.1, 0.15) is 5.92 Å². The van der Waals surface area contributed by atoms with Crippen molar-refractivity contribution < 1.29 is 9.53 Å². The molecule has 0 N–H and O–H groups in total. The Kier molecular flexibility index (Phi) is 8.45. The summed E-state index contributed by atoms with van der Waals surface area (Å²) in [6, 6.07) is 10.2. The summed E-state index contributed by atoms with van der Waals surface area (Å²) in [6.07, 6.45) is 8.51. The number of rotatable bonds is 8. The molecule has 21 heavy (non-hydrogen) atoms. The maximum atomic E-state index is 11.2. The lowest BCUT2D eigenvalue weighted by molar-refractivity contribution is -0.143. The molecule has 1 rings (SSSR count). The Bertz CT molecular complexity index is 520. The molecular weight excluding hydrogens is 330 g/mol. The summed E-state index contributed by atoms with van der Waals surface area (Å²) in [5, 5.41) is 8.85. The summed E-state index contributed by atoms with van der Waals surface area (Å²) in [5.74, 6) is -1.07. The van der Waals surface area contributed by atoms with E-state index in [0.717, 1.165) is 30.2 Å². The number of hydrogen-bond donors (Lipinski definition) is 0. The summed E-state index contributed by atoms with van der Waals surface area (Å²) in [4.78, 5) is 11.2. The van der Waals surface area contributed by atoms with E-state index in [0.29, 0.717) is 6.42 Å². The molecule has 0 amide bonds. The number of allylic oxidation sites excluding steroid dienone is 2. The highest BCUT2D eigenvalue weighted by molar-refractivity contribution is 9.10. The van der Waals surface area contributed by atoms with Crippen LogP contribution in [0.5, 0.6) is 0 Å². The number of unbranched alkanes of at least 4 members (excludes halogenated alkanes) is 1. The van der Waals surface area contributed by atoms with Crippen molar-refractivity contribution in [2.24, 2.45) is 5.92 Å². The third-order valence-corrected chi connectivity index (χ3v) is 3.98. The molecule has 112 valence electrons. The highest BCUT2D eigenvalue weighted by Gasteiger charge is 2.16. The normalized spacial score (nSPS) is 12.0. The van der Waals surface area contributed by atoms with E-state index >= 15 is 0 Å². The summed E-state index contributed by atoms with van der Waals surface area (Å²) in [6.45, 7) is 0. The summed E-state index contributed by atoms with van der Waals surface area (Å²) in [5.41, 5.74) is 1.30. The molecule has 3 nitrogen and oxygen atoms in total. The van der Waals surface area contributed by atoms with Crippen molar-refractivity contribution in [3.63, 3.8) is 0 Å². The van der Waals surface area contributed by atoms with Crippen molar-refractivity contribution in [2.45, 2.75) is 32.1 Å². The Morgan fingerprint density at radius 3 is 2.76 bits per heavy atom. The Balaban J connectivity index is 2.20. The molecule has 1 aromatic carbocycles. The molecule has 0 heterocycles. The van der Waals surface area contributed by atoms with Gasteiger partial charge in [0.15, 0.2) is 0 Å². The molecule has 1 aromatic rings. The van der Waals surface area contributed by atoms with Gasteiger partial charge in [-0.15, -0.1) is 0 Å². The molecule has 0 spiro atoms. The Morgan fingerprint density at radius 2 is 2.10 bits per heavy atom. The fourth-order valence-corrected chi connectivity index (χ4v) is 2.48. The Labute approximate surface area is 134 Å². The number of carbonyl (C=O) groups is 1. The highest BCUT2D eigenvalue weighted by Crippen LogP contribution is 2.17. The topological polar surface area (TPSA) is 50.1 Å². The second kappa shape index (κ2) is 10.2. The lowest BCUT2D eigenvalue weighted by Gasteiger charge is -2.04. The molecule has 0 aliphatic carbocycles. The van der Waals surface area contributed by atoms with Gasteiger partial charge in [-0.3, -0.25) is 4.79 Å². The lowest BCUT2D eigenvalue weighted by atomic mass is 10.0. The van der Waals surface area contributed by atoms with Crippen molar-refractivity contribution in [2.75, 3.05) is 7.11 Å². The van der Waals surface area contributed by atoms with Crippen LogP contribution in [0.15, 0.2) is 40.9 Å². The van der Waals surface area contributed by atoms with Crippen molar-refractivity contribution in [3.05, 3.63) is 46.5 Å². The van der Waals surface area contributed by atoms with Gasteiger partial charge in [-0.05, 0) is 43.7 Å². The maximum Gasteiger partial charge on any atom is 0.323 e. The van der Waals surface area contributed by atoms with E-state index < -0.39 is 11.9 Å². The summed E-state index contributed by atoms with van der Waals surface area (Å²) < 4.78 is 5.72. The van der Waals surface area contributed by atoms with Gasteiger partial charge in [0, 0.05) is 4.47 Å². The van der Waals surface area contributed by atoms with E-state index in [1.165, 1.54) is 12.7 Å². The SMILES string of the molecule is COC(=O)C(C#N)CCC/C=C\CCc1ccccc1Br. The first kappa shape index (κ1) is 17.5. The minimum Gasteiger partial charge on any atom is -0.468 e. The smallest absolute Gasteiger partial charge is 0.323 e. The van der Waals surface area contributed by atoms with Crippen LogP contribution < -0.4 is 0 Å². The molecular formula is C17H20BrNO2. The molecule has 0 fully saturated rings. The van der Waals surface area contributed by atoms with Gasteiger partial charge in [-0.1, -0.05) is 46.3 Å². The van der Waals surface area contributed by atoms with Crippen LogP contribution >= 0.6 is 15.9 Å². The average molecular weight is 350 g/mol.